The molecule has 0 saturated carbocycles. The number of ketones is 2. The Morgan fingerprint density at radius 2 is 1.72 bits per heavy atom. The topological polar surface area (TPSA) is 46.6 Å². The number of carbonyl (C=O) groups is 2. The molecule has 0 bridgehead atoms. The maximum Gasteiger partial charge on any atom is 0.186 e. The van der Waals surface area contributed by atoms with Gasteiger partial charge in [0.2, 0.25) is 0 Å². The lowest BCUT2D eigenvalue weighted by atomic mass is 9.77. The minimum atomic E-state index is -0.314. The second-order valence-corrected chi connectivity index (χ2v) is 4.72. The van der Waals surface area contributed by atoms with Crippen LogP contribution in [0.25, 0.3) is 0 Å². The lowest BCUT2D eigenvalue weighted by molar-refractivity contribution is -0.128. The molecule has 0 aromatic heterocycles. The number of Topliss-reactive ketones (excluding diaryl/α,β-unsaturated/α-hetero) is 1. The molecule has 94 valence electrons. The van der Waals surface area contributed by atoms with Crippen molar-refractivity contribution >= 4 is 11.6 Å². The Labute approximate surface area is 106 Å². The molecule has 0 N–H and O–H groups in total. The average Bonchev–Trinajstić information content (AvgIpc) is 2.44. The van der Waals surface area contributed by atoms with E-state index in [1.54, 1.807) is 0 Å². The number of hydrogen-bond donors (Lipinski definition) is 0. The van der Waals surface area contributed by atoms with E-state index in [-0.39, 0.29) is 23.4 Å². The van der Waals surface area contributed by atoms with E-state index in [0.717, 1.165) is 0 Å². The third-order valence-electron chi connectivity index (χ3n) is 3.65. The third kappa shape index (κ3) is 1.82. The van der Waals surface area contributed by atoms with E-state index in [1.807, 2.05) is 29.2 Å². The van der Waals surface area contributed by atoms with E-state index in [9.17, 15) is 9.59 Å². The standard InChI is InChI=1S/C14H15NO3/c16-13-9-12(15-5-7-18-8-6-15)14(17)11-4-2-1-3-10(11)13/h1-4,9-11H,5-8H2/t10-,11-/m0/s1. The molecule has 1 heterocycles. The maximum absolute atomic E-state index is 12.4. The SMILES string of the molecule is O=C1C=C(N2CCOCC2)C(=O)[C@H]2C=CC=C[C@H]12. The monoisotopic (exact) mass is 245 g/mol. The zero-order valence-electron chi connectivity index (χ0n) is 10.0. The van der Waals surface area contributed by atoms with Crippen molar-refractivity contribution < 1.29 is 14.3 Å². The molecule has 1 aliphatic heterocycles. The number of ether oxygens (including phenoxy) is 1. The van der Waals surface area contributed by atoms with E-state index in [1.165, 1.54) is 6.08 Å². The Morgan fingerprint density at radius 3 is 2.44 bits per heavy atom. The second-order valence-electron chi connectivity index (χ2n) is 4.72. The molecule has 3 aliphatic rings. The van der Waals surface area contributed by atoms with E-state index >= 15 is 0 Å². The molecule has 0 aromatic rings. The molecule has 4 nitrogen and oxygen atoms in total. The molecule has 0 unspecified atom stereocenters. The molecule has 1 fully saturated rings. The van der Waals surface area contributed by atoms with Crippen LogP contribution in [0.4, 0.5) is 0 Å². The van der Waals surface area contributed by atoms with Crippen LogP contribution in [0.5, 0.6) is 0 Å². The summed E-state index contributed by atoms with van der Waals surface area (Å²) in [6.45, 7) is 2.59. The highest BCUT2D eigenvalue weighted by Crippen LogP contribution is 2.30. The van der Waals surface area contributed by atoms with Crippen molar-refractivity contribution in [2.24, 2.45) is 11.8 Å². The van der Waals surface area contributed by atoms with Crippen molar-refractivity contribution in [3.05, 3.63) is 36.1 Å². The zero-order chi connectivity index (χ0) is 12.5. The molecule has 0 aromatic carbocycles. The van der Waals surface area contributed by atoms with E-state index in [2.05, 4.69) is 0 Å². The van der Waals surface area contributed by atoms with Crippen LogP contribution < -0.4 is 0 Å². The summed E-state index contributed by atoms with van der Waals surface area (Å²) < 4.78 is 5.27. The molecule has 2 atom stereocenters. The van der Waals surface area contributed by atoms with Crippen LogP contribution in [-0.2, 0) is 14.3 Å². The number of morpholine rings is 1. The number of carbonyl (C=O) groups excluding carboxylic acids is 2. The van der Waals surface area contributed by atoms with Gasteiger partial charge in [-0.1, -0.05) is 24.3 Å². The minimum absolute atomic E-state index is 0.0293. The maximum atomic E-state index is 12.4. The highest BCUT2D eigenvalue weighted by Gasteiger charge is 2.38. The smallest absolute Gasteiger partial charge is 0.186 e. The summed E-state index contributed by atoms with van der Waals surface area (Å²) in [7, 11) is 0. The van der Waals surface area contributed by atoms with Crippen LogP contribution in [0.1, 0.15) is 0 Å². The van der Waals surface area contributed by atoms with Crippen LogP contribution in [0.2, 0.25) is 0 Å². The Kier molecular flexibility index (Phi) is 2.88. The Morgan fingerprint density at radius 1 is 1.06 bits per heavy atom. The first-order chi connectivity index (χ1) is 8.77. The Balaban J connectivity index is 1.90. The molecule has 18 heavy (non-hydrogen) atoms. The Hall–Kier alpha value is -1.68. The van der Waals surface area contributed by atoms with Gasteiger partial charge in [-0.3, -0.25) is 9.59 Å². The van der Waals surface area contributed by atoms with Gasteiger partial charge in [0.1, 0.15) is 0 Å². The summed E-state index contributed by atoms with van der Waals surface area (Å²) in [5.41, 5.74) is 0.560. The van der Waals surface area contributed by atoms with Gasteiger partial charge in [0.05, 0.1) is 30.7 Å². The molecular weight excluding hydrogens is 230 g/mol. The highest BCUT2D eigenvalue weighted by molar-refractivity contribution is 6.12. The average molecular weight is 245 g/mol. The van der Waals surface area contributed by atoms with Crippen molar-refractivity contribution in [1.29, 1.82) is 0 Å². The number of hydrogen-bond acceptors (Lipinski definition) is 4. The fourth-order valence-electron chi connectivity index (χ4n) is 2.65. The number of nitrogens with zero attached hydrogens (tertiary/aromatic N) is 1. The predicted molar refractivity (Wildman–Crippen MR) is 65.7 cm³/mol. The summed E-state index contributed by atoms with van der Waals surface area (Å²) >= 11 is 0. The normalized spacial score (nSPS) is 31.3. The van der Waals surface area contributed by atoms with E-state index in [0.29, 0.717) is 32.0 Å². The van der Waals surface area contributed by atoms with Gasteiger partial charge in [-0.25, -0.2) is 0 Å². The number of allylic oxidation sites excluding steroid dienone is 6. The van der Waals surface area contributed by atoms with Crippen LogP contribution >= 0.6 is 0 Å². The van der Waals surface area contributed by atoms with Crippen molar-refractivity contribution in [1.82, 2.24) is 4.90 Å². The predicted octanol–water partition coefficient (Wildman–Crippen LogP) is 0.713. The first-order valence-electron chi connectivity index (χ1n) is 6.25. The van der Waals surface area contributed by atoms with Crippen LogP contribution in [0.15, 0.2) is 36.1 Å². The third-order valence-corrected chi connectivity index (χ3v) is 3.65. The van der Waals surface area contributed by atoms with Crippen LogP contribution in [0, 0.1) is 11.8 Å². The second kappa shape index (κ2) is 4.53. The summed E-state index contributed by atoms with van der Waals surface area (Å²) in [6.07, 6.45) is 8.84. The molecular formula is C14H15NO3. The minimum Gasteiger partial charge on any atom is -0.378 e. The molecule has 0 amide bonds. The van der Waals surface area contributed by atoms with Gasteiger partial charge in [-0.05, 0) is 0 Å². The van der Waals surface area contributed by atoms with Crippen molar-refractivity contribution in [3.8, 4) is 0 Å². The summed E-state index contributed by atoms with van der Waals surface area (Å²) in [5.74, 6) is -0.526. The number of fused-ring (bicyclic) bond motifs is 1. The van der Waals surface area contributed by atoms with Crippen molar-refractivity contribution in [2.75, 3.05) is 26.3 Å². The van der Waals surface area contributed by atoms with Gasteiger partial charge >= 0.3 is 0 Å². The summed E-state index contributed by atoms with van der Waals surface area (Å²) in [4.78, 5) is 26.4. The van der Waals surface area contributed by atoms with Crippen LogP contribution in [0.3, 0.4) is 0 Å². The lowest BCUT2D eigenvalue weighted by Crippen LogP contribution is -2.44. The molecule has 2 aliphatic carbocycles. The molecule has 0 radical (unpaired) electrons. The van der Waals surface area contributed by atoms with Gasteiger partial charge in [0.15, 0.2) is 11.6 Å². The summed E-state index contributed by atoms with van der Waals surface area (Å²) in [6, 6.07) is 0. The summed E-state index contributed by atoms with van der Waals surface area (Å²) in [5, 5.41) is 0. The highest BCUT2D eigenvalue weighted by atomic mass is 16.5. The molecule has 0 spiro atoms. The van der Waals surface area contributed by atoms with Gasteiger partial charge in [0.25, 0.3) is 0 Å². The van der Waals surface area contributed by atoms with Gasteiger partial charge in [-0.2, -0.15) is 0 Å². The van der Waals surface area contributed by atoms with Gasteiger partial charge in [0, 0.05) is 19.2 Å². The fraction of sp³-hybridized carbons (Fsp3) is 0.429. The van der Waals surface area contributed by atoms with E-state index in [4.69, 9.17) is 4.74 Å². The first kappa shape index (κ1) is 11.4. The number of rotatable bonds is 1. The molecule has 1 saturated heterocycles. The molecule has 4 heteroatoms. The quantitative estimate of drug-likeness (QED) is 0.682. The first-order valence-corrected chi connectivity index (χ1v) is 6.25. The van der Waals surface area contributed by atoms with E-state index < -0.39 is 0 Å². The van der Waals surface area contributed by atoms with Crippen LogP contribution in [-0.4, -0.2) is 42.8 Å². The fourth-order valence-corrected chi connectivity index (χ4v) is 2.65. The van der Waals surface area contributed by atoms with Crippen molar-refractivity contribution in [2.45, 2.75) is 0 Å². The van der Waals surface area contributed by atoms with Gasteiger partial charge in [-0.15, -0.1) is 0 Å². The lowest BCUT2D eigenvalue weighted by Gasteiger charge is -2.35. The largest absolute Gasteiger partial charge is 0.378 e. The molecule has 3 rings (SSSR count). The Bertz CT molecular complexity index is 469. The zero-order valence-corrected chi connectivity index (χ0v) is 10.0. The van der Waals surface area contributed by atoms with Crippen molar-refractivity contribution in [3.63, 3.8) is 0 Å². The van der Waals surface area contributed by atoms with Gasteiger partial charge < -0.3 is 9.64 Å².